The molecular weight excluding hydrogens is 275 g/mol. The van der Waals surface area contributed by atoms with E-state index in [2.05, 4.69) is 10.3 Å². The van der Waals surface area contributed by atoms with E-state index in [4.69, 9.17) is 33.7 Å². The highest BCUT2D eigenvalue weighted by atomic mass is 35.5. The number of guanidine groups is 1. The molecule has 0 saturated carbocycles. The van der Waals surface area contributed by atoms with Crippen molar-refractivity contribution < 1.29 is 4.74 Å². The van der Waals surface area contributed by atoms with Crippen LogP contribution in [-0.4, -0.2) is 30.3 Å². The Hall–Kier alpha value is -0.910. The van der Waals surface area contributed by atoms with Crippen LogP contribution in [0.5, 0.6) is 0 Å². The van der Waals surface area contributed by atoms with Crippen molar-refractivity contribution in [3.63, 3.8) is 0 Å². The summed E-state index contributed by atoms with van der Waals surface area (Å²) in [7, 11) is 3.47. The first-order chi connectivity index (χ1) is 8.45. The van der Waals surface area contributed by atoms with Crippen LogP contribution in [0.2, 0.25) is 10.2 Å². The first-order valence-corrected chi connectivity index (χ1v) is 6.26. The van der Waals surface area contributed by atoms with Gasteiger partial charge in [0.1, 0.15) is 5.15 Å². The highest BCUT2D eigenvalue weighted by Crippen LogP contribution is 2.25. The molecule has 102 valence electrons. The molecule has 1 aromatic rings. The highest BCUT2D eigenvalue weighted by molar-refractivity contribution is 6.41. The highest BCUT2D eigenvalue weighted by Gasteiger charge is 2.08. The lowest BCUT2D eigenvalue weighted by Crippen LogP contribution is -2.40. The minimum atomic E-state index is 0.110. The summed E-state index contributed by atoms with van der Waals surface area (Å²) in [5, 5.41) is 4.04. The summed E-state index contributed by atoms with van der Waals surface area (Å²) in [4.78, 5) is 4.22. The Morgan fingerprint density at radius 1 is 1.61 bits per heavy atom. The monoisotopic (exact) mass is 292 g/mol. The zero-order valence-electron chi connectivity index (χ0n) is 10.7. The molecule has 0 aromatic carbocycles. The molecule has 0 aliphatic carbocycles. The smallest absolute Gasteiger partial charge is 0.189 e. The van der Waals surface area contributed by atoms with Crippen LogP contribution in [0.3, 0.4) is 0 Å². The number of nitrogens with two attached hydrogens (primary N) is 1. The van der Waals surface area contributed by atoms with E-state index in [0.717, 1.165) is 5.69 Å². The zero-order valence-corrected chi connectivity index (χ0v) is 12.2. The number of nitrogens with zero attached hydrogens (tertiary/aromatic N) is 2. The van der Waals surface area contributed by atoms with Crippen LogP contribution in [0.1, 0.15) is 12.6 Å². The Balaban J connectivity index is 2.60. The summed E-state index contributed by atoms with van der Waals surface area (Å²) in [5.41, 5.74) is 6.65. The summed E-state index contributed by atoms with van der Waals surface area (Å²) in [5.74, 6) is 0.369. The molecular formula is C11H18Cl2N4O. The van der Waals surface area contributed by atoms with Crippen LogP contribution < -0.4 is 11.1 Å². The quantitative estimate of drug-likeness (QED) is 0.642. The van der Waals surface area contributed by atoms with Gasteiger partial charge in [0.15, 0.2) is 5.96 Å². The predicted octanol–water partition coefficient (Wildman–Crippen LogP) is 1.77. The van der Waals surface area contributed by atoms with Crippen molar-refractivity contribution in [1.82, 2.24) is 9.88 Å². The molecule has 1 aromatic heterocycles. The van der Waals surface area contributed by atoms with Gasteiger partial charge in [-0.15, -0.1) is 0 Å². The van der Waals surface area contributed by atoms with Crippen LogP contribution in [0.25, 0.3) is 0 Å². The van der Waals surface area contributed by atoms with Crippen LogP contribution in [-0.2, 0) is 18.3 Å². The molecule has 0 amide bonds. The van der Waals surface area contributed by atoms with Gasteiger partial charge in [0.05, 0.1) is 18.2 Å². The average molecular weight is 293 g/mol. The molecule has 0 aliphatic heterocycles. The molecule has 1 unspecified atom stereocenters. The predicted molar refractivity (Wildman–Crippen MR) is 75.2 cm³/mol. The van der Waals surface area contributed by atoms with Gasteiger partial charge < -0.3 is 20.4 Å². The normalized spacial score (nSPS) is 13.7. The summed E-state index contributed by atoms with van der Waals surface area (Å²) < 4.78 is 6.77. The van der Waals surface area contributed by atoms with Crippen molar-refractivity contribution in [2.45, 2.75) is 19.5 Å². The van der Waals surface area contributed by atoms with Gasteiger partial charge in [-0.3, -0.25) is 0 Å². The SMILES string of the molecule is COCC(C)NC(N)=NCc1cc(Cl)c(Cl)n1C. The number of halogens is 2. The van der Waals surface area contributed by atoms with Gasteiger partial charge >= 0.3 is 0 Å². The fourth-order valence-corrected chi connectivity index (χ4v) is 1.91. The third-order valence-electron chi connectivity index (χ3n) is 2.44. The second-order valence-corrected chi connectivity index (χ2v) is 4.80. The third kappa shape index (κ3) is 4.08. The molecule has 1 rings (SSSR count). The van der Waals surface area contributed by atoms with E-state index in [0.29, 0.717) is 29.3 Å². The maximum atomic E-state index is 5.96. The maximum absolute atomic E-state index is 5.96. The van der Waals surface area contributed by atoms with Crippen molar-refractivity contribution >= 4 is 29.2 Å². The number of hydrogen-bond acceptors (Lipinski definition) is 2. The van der Waals surface area contributed by atoms with Gasteiger partial charge in [0, 0.05) is 25.9 Å². The molecule has 1 atom stereocenters. The van der Waals surface area contributed by atoms with E-state index in [-0.39, 0.29) is 6.04 Å². The molecule has 7 heteroatoms. The van der Waals surface area contributed by atoms with Crippen molar-refractivity contribution in [2.24, 2.45) is 17.8 Å². The zero-order chi connectivity index (χ0) is 13.7. The Labute approximate surface area is 117 Å². The molecule has 0 aliphatic rings. The van der Waals surface area contributed by atoms with E-state index in [1.54, 1.807) is 17.7 Å². The summed E-state index contributed by atoms with van der Waals surface area (Å²) in [6.45, 7) is 2.95. The Kier molecular flexibility index (Phi) is 5.78. The summed E-state index contributed by atoms with van der Waals surface area (Å²) >= 11 is 11.9. The van der Waals surface area contributed by atoms with Crippen LogP contribution in [0.15, 0.2) is 11.1 Å². The molecule has 0 saturated heterocycles. The van der Waals surface area contributed by atoms with Gasteiger partial charge in [-0.2, -0.15) is 0 Å². The van der Waals surface area contributed by atoms with Gasteiger partial charge in [0.2, 0.25) is 0 Å². The standard InChI is InChI=1S/C11H18Cl2N4O/c1-7(6-18-3)16-11(14)15-5-8-4-9(12)10(13)17(8)2/h4,7H,5-6H2,1-3H3,(H3,14,15,16). The lowest BCUT2D eigenvalue weighted by molar-refractivity contribution is 0.179. The van der Waals surface area contributed by atoms with Gasteiger partial charge in [-0.25, -0.2) is 4.99 Å². The molecule has 3 N–H and O–H groups in total. The van der Waals surface area contributed by atoms with Crippen molar-refractivity contribution in [1.29, 1.82) is 0 Å². The second-order valence-electron chi connectivity index (χ2n) is 4.04. The first kappa shape index (κ1) is 15.1. The Morgan fingerprint density at radius 2 is 2.28 bits per heavy atom. The van der Waals surface area contributed by atoms with E-state index in [1.165, 1.54) is 0 Å². The summed E-state index contributed by atoms with van der Waals surface area (Å²) in [6.07, 6.45) is 0. The summed E-state index contributed by atoms with van der Waals surface area (Å²) in [6, 6.07) is 1.89. The van der Waals surface area contributed by atoms with Crippen molar-refractivity contribution in [3.05, 3.63) is 21.9 Å². The van der Waals surface area contributed by atoms with Gasteiger partial charge in [0.25, 0.3) is 0 Å². The van der Waals surface area contributed by atoms with Crippen molar-refractivity contribution in [2.75, 3.05) is 13.7 Å². The van der Waals surface area contributed by atoms with Crippen molar-refractivity contribution in [3.8, 4) is 0 Å². The number of ether oxygens (including phenoxy) is 1. The maximum Gasteiger partial charge on any atom is 0.189 e. The van der Waals surface area contributed by atoms with E-state index >= 15 is 0 Å². The van der Waals surface area contributed by atoms with Crippen LogP contribution in [0, 0.1) is 0 Å². The average Bonchev–Trinajstić information content (AvgIpc) is 2.54. The number of nitrogens with one attached hydrogen (secondary N) is 1. The molecule has 5 nitrogen and oxygen atoms in total. The second kappa shape index (κ2) is 6.87. The van der Waals surface area contributed by atoms with Gasteiger partial charge in [-0.1, -0.05) is 23.2 Å². The Morgan fingerprint density at radius 3 is 2.78 bits per heavy atom. The first-order valence-electron chi connectivity index (χ1n) is 5.50. The fourth-order valence-electron chi connectivity index (χ4n) is 1.50. The molecule has 1 heterocycles. The third-order valence-corrected chi connectivity index (χ3v) is 3.28. The minimum absolute atomic E-state index is 0.110. The molecule has 0 bridgehead atoms. The topological polar surface area (TPSA) is 64.6 Å². The lowest BCUT2D eigenvalue weighted by atomic mass is 10.4. The van der Waals surface area contributed by atoms with E-state index in [9.17, 15) is 0 Å². The molecule has 0 radical (unpaired) electrons. The van der Waals surface area contributed by atoms with Gasteiger partial charge in [-0.05, 0) is 13.0 Å². The Bertz CT molecular complexity index is 431. The number of methoxy groups -OCH3 is 1. The number of aliphatic imine (C=N–C) groups is 1. The number of aromatic nitrogens is 1. The van der Waals surface area contributed by atoms with Crippen LogP contribution >= 0.6 is 23.2 Å². The molecule has 0 fully saturated rings. The van der Waals surface area contributed by atoms with E-state index < -0.39 is 0 Å². The van der Waals surface area contributed by atoms with Crippen LogP contribution in [0.4, 0.5) is 0 Å². The number of hydrogen-bond donors (Lipinski definition) is 2. The largest absolute Gasteiger partial charge is 0.383 e. The minimum Gasteiger partial charge on any atom is -0.383 e. The fraction of sp³-hybridized carbons (Fsp3) is 0.545. The van der Waals surface area contributed by atoms with E-state index in [1.807, 2.05) is 14.0 Å². The lowest BCUT2D eigenvalue weighted by Gasteiger charge is -2.13. The number of rotatable bonds is 5. The molecule has 18 heavy (non-hydrogen) atoms. The molecule has 0 spiro atoms.